The minimum atomic E-state index is -0.585. The fourth-order valence-electron chi connectivity index (χ4n) is 5.53. The van der Waals surface area contributed by atoms with E-state index in [1.807, 2.05) is 20.8 Å². The zero-order chi connectivity index (χ0) is 24.9. The highest BCUT2D eigenvalue weighted by atomic mass is 19.1. The summed E-state index contributed by atoms with van der Waals surface area (Å²) in [7, 11) is 0. The summed E-state index contributed by atoms with van der Waals surface area (Å²) in [4.78, 5) is 41.3. The third-order valence-corrected chi connectivity index (χ3v) is 7.14. The van der Waals surface area contributed by atoms with E-state index < -0.39 is 11.4 Å². The summed E-state index contributed by atoms with van der Waals surface area (Å²) in [5.74, 6) is -0.931. The Morgan fingerprint density at radius 2 is 1.80 bits per heavy atom. The minimum Gasteiger partial charge on any atom is -0.444 e. The number of halogens is 1. The van der Waals surface area contributed by atoms with Crippen LogP contribution in [0.4, 0.5) is 9.18 Å². The molecular formula is C26H31FN4O4. The van der Waals surface area contributed by atoms with Crippen LogP contribution in [0.25, 0.3) is 0 Å². The molecule has 0 radical (unpaired) electrons. The Morgan fingerprint density at radius 1 is 1.11 bits per heavy atom. The monoisotopic (exact) mass is 482 g/mol. The van der Waals surface area contributed by atoms with E-state index >= 15 is 0 Å². The summed E-state index contributed by atoms with van der Waals surface area (Å²) in [5, 5.41) is 6.86. The van der Waals surface area contributed by atoms with E-state index in [1.165, 1.54) is 6.07 Å². The van der Waals surface area contributed by atoms with Crippen LogP contribution in [0.15, 0.2) is 23.0 Å². The molecule has 3 aliphatic rings. The normalized spacial score (nSPS) is 21.3. The van der Waals surface area contributed by atoms with Gasteiger partial charge in [0.15, 0.2) is 0 Å². The molecule has 3 heterocycles. The third kappa shape index (κ3) is 4.56. The van der Waals surface area contributed by atoms with E-state index in [0.717, 1.165) is 48.1 Å². The quantitative estimate of drug-likeness (QED) is 0.725. The number of ether oxygens (including phenoxy) is 1. The topological polar surface area (TPSA) is 95.6 Å². The first kappa shape index (κ1) is 23.5. The van der Waals surface area contributed by atoms with Gasteiger partial charge in [0, 0.05) is 25.1 Å². The summed E-state index contributed by atoms with van der Waals surface area (Å²) >= 11 is 0. The summed E-state index contributed by atoms with van der Waals surface area (Å²) in [6.07, 6.45) is 4.25. The lowest BCUT2D eigenvalue weighted by Gasteiger charge is -2.35. The molecule has 9 heteroatoms. The number of carbonyl (C=O) groups excluding carboxylic acids is 2. The van der Waals surface area contributed by atoms with Crippen LogP contribution < -0.4 is 5.56 Å². The second-order valence-electron chi connectivity index (χ2n) is 10.8. The van der Waals surface area contributed by atoms with Gasteiger partial charge in [-0.3, -0.25) is 9.59 Å². The number of aromatic nitrogens is 2. The number of hydrogen-bond donors (Lipinski definition) is 1. The van der Waals surface area contributed by atoms with Gasteiger partial charge in [0.2, 0.25) is 0 Å². The van der Waals surface area contributed by atoms with Crippen LogP contribution in [0.3, 0.4) is 0 Å². The maximum Gasteiger partial charge on any atom is 0.410 e. The molecule has 1 aromatic heterocycles. The average molecular weight is 483 g/mol. The van der Waals surface area contributed by atoms with Gasteiger partial charge in [-0.05, 0) is 76.1 Å². The molecule has 2 amide bonds. The average Bonchev–Trinajstić information content (AvgIpc) is 3.42. The number of aromatic amines is 1. The van der Waals surface area contributed by atoms with E-state index in [9.17, 15) is 18.8 Å². The van der Waals surface area contributed by atoms with E-state index in [4.69, 9.17) is 4.74 Å². The summed E-state index contributed by atoms with van der Waals surface area (Å²) in [6.45, 7) is 6.22. The number of carbonyl (C=O) groups is 2. The number of nitrogens with one attached hydrogen (secondary N) is 1. The van der Waals surface area contributed by atoms with Gasteiger partial charge in [0.1, 0.15) is 11.4 Å². The summed E-state index contributed by atoms with van der Waals surface area (Å²) in [5.41, 5.74) is 2.62. The highest BCUT2D eigenvalue weighted by molar-refractivity contribution is 5.95. The molecule has 2 saturated heterocycles. The van der Waals surface area contributed by atoms with Gasteiger partial charge in [-0.2, -0.15) is 5.10 Å². The second kappa shape index (κ2) is 8.77. The Hall–Kier alpha value is -3.23. The molecule has 1 N–H and O–H groups in total. The molecule has 35 heavy (non-hydrogen) atoms. The van der Waals surface area contributed by atoms with Crippen molar-refractivity contribution in [2.24, 2.45) is 0 Å². The molecule has 0 saturated carbocycles. The van der Waals surface area contributed by atoms with Crippen LogP contribution in [-0.2, 0) is 24.0 Å². The van der Waals surface area contributed by atoms with Crippen molar-refractivity contribution in [3.8, 4) is 0 Å². The molecule has 0 unspecified atom stereocenters. The molecule has 2 bridgehead atoms. The van der Waals surface area contributed by atoms with E-state index in [-0.39, 0.29) is 35.2 Å². The van der Waals surface area contributed by atoms with Gasteiger partial charge < -0.3 is 14.5 Å². The third-order valence-electron chi connectivity index (χ3n) is 7.14. The molecule has 2 aromatic rings. The zero-order valence-electron chi connectivity index (χ0n) is 20.4. The fraction of sp³-hybridized carbons (Fsp3) is 0.538. The highest BCUT2D eigenvalue weighted by Crippen LogP contribution is 2.33. The molecule has 2 aliphatic heterocycles. The fourth-order valence-corrected chi connectivity index (χ4v) is 5.53. The molecule has 2 fully saturated rings. The molecule has 1 aliphatic carbocycles. The van der Waals surface area contributed by atoms with E-state index in [0.29, 0.717) is 25.9 Å². The first-order chi connectivity index (χ1) is 16.6. The SMILES string of the molecule is CC(C)(C)OC(=O)N1C[C@@H]2C[C@H]1CN2C(=O)c1cc(Cc2n[nH]c(=O)c3c2CCCC3)ccc1F. The predicted molar refractivity (Wildman–Crippen MR) is 127 cm³/mol. The van der Waals surface area contributed by atoms with Gasteiger partial charge >= 0.3 is 6.09 Å². The van der Waals surface area contributed by atoms with Crippen LogP contribution >= 0.6 is 0 Å². The molecule has 0 spiro atoms. The molecule has 1 aromatic carbocycles. The number of H-pyrrole nitrogens is 1. The lowest BCUT2D eigenvalue weighted by molar-refractivity contribution is 0.0125. The lowest BCUT2D eigenvalue weighted by Crippen LogP contribution is -2.51. The number of nitrogens with zero attached hydrogens (tertiary/aromatic N) is 3. The lowest BCUT2D eigenvalue weighted by atomic mass is 9.90. The highest BCUT2D eigenvalue weighted by Gasteiger charge is 2.48. The summed E-state index contributed by atoms with van der Waals surface area (Å²) < 4.78 is 20.3. The molecule has 8 nitrogen and oxygen atoms in total. The molecule has 2 atom stereocenters. The van der Waals surface area contributed by atoms with Crippen molar-refractivity contribution < 1.29 is 18.7 Å². The molecular weight excluding hydrogens is 451 g/mol. The Bertz CT molecular complexity index is 1230. The number of amides is 2. The van der Waals surface area contributed by atoms with Crippen molar-refractivity contribution in [1.29, 1.82) is 0 Å². The number of benzene rings is 1. The van der Waals surface area contributed by atoms with Crippen molar-refractivity contribution in [3.05, 3.63) is 62.3 Å². The standard InChI is InChI=1S/C26H31FN4O4/c1-26(2,3)35-25(34)31-14-16-12-17(31)13-30(16)24(33)20-10-15(8-9-21(20)27)11-22-18-6-4-5-7-19(18)23(32)29-28-22/h8-10,16-17H,4-7,11-14H2,1-3H3,(H,29,32)/t16-,17-/m0/s1. The Morgan fingerprint density at radius 3 is 2.49 bits per heavy atom. The van der Waals surface area contributed by atoms with Gasteiger partial charge in [0.25, 0.3) is 11.5 Å². The number of piperazine rings is 1. The number of rotatable bonds is 3. The minimum absolute atomic E-state index is 0.0251. The van der Waals surface area contributed by atoms with Crippen LogP contribution in [0.2, 0.25) is 0 Å². The molecule has 5 rings (SSSR count). The van der Waals surface area contributed by atoms with Crippen LogP contribution in [-0.4, -0.2) is 62.8 Å². The van der Waals surface area contributed by atoms with Crippen LogP contribution in [0.5, 0.6) is 0 Å². The van der Waals surface area contributed by atoms with Crippen LogP contribution in [0.1, 0.15) is 72.8 Å². The Balaban J connectivity index is 1.32. The van der Waals surface area contributed by atoms with E-state index in [1.54, 1.807) is 21.9 Å². The number of hydrogen-bond acceptors (Lipinski definition) is 5. The van der Waals surface area contributed by atoms with Crippen molar-refractivity contribution in [1.82, 2.24) is 20.0 Å². The van der Waals surface area contributed by atoms with Gasteiger partial charge in [-0.25, -0.2) is 14.3 Å². The number of fused-ring (bicyclic) bond motifs is 3. The Labute approximate surface area is 203 Å². The van der Waals surface area contributed by atoms with Crippen LogP contribution in [0, 0.1) is 5.82 Å². The van der Waals surface area contributed by atoms with E-state index in [2.05, 4.69) is 10.2 Å². The maximum atomic E-state index is 14.8. The zero-order valence-corrected chi connectivity index (χ0v) is 20.4. The first-order valence-corrected chi connectivity index (χ1v) is 12.3. The van der Waals surface area contributed by atoms with Gasteiger partial charge in [-0.1, -0.05) is 6.07 Å². The van der Waals surface area contributed by atoms with Crippen molar-refractivity contribution in [3.63, 3.8) is 0 Å². The predicted octanol–water partition coefficient (Wildman–Crippen LogP) is 3.21. The van der Waals surface area contributed by atoms with Gasteiger partial charge in [-0.15, -0.1) is 0 Å². The van der Waals surface area contributed by atoms with Crippen molar-refractivity contribution in [2.75, 3.05) is 13.1 Å². The first-order valence-electron chi connectivity index (χ1n) is 12.3. The summed E-state index contributed by atoms with van der Waals surface area (Å²) in [6, 6.07) is 4.30. The largest absolute Gasteiger partial charge is 0.444 e. The Kier molecular flexibility index (Phi) is 5.89. The second-order valence-corrected chi connectivity index (χ2v) is 10.8. The van der Waals surface area contributed by atoms with Crippen molar-refractivity contribution >= 4 is 12.0 Å². The smallest absolute Gasteiger partial charge is 0.410 e. The van der Waals surface area contributed by atoms with Crippen molar-refractivity contribution in [2.45, 2.75) is 77.0 Å². The molecule has 186 valence electrons. The van der Waals surface area contributed by atoms with Gasteiger partial charge in [0.05, 0.1) is 23.3 Å². The number of likely N-dealkylation sites (tertiary alicyclic amines) is 2. The maximum absolute atomic E-state index is 14.8.